The van der Waals surface area contributed by atoms with Crippen LogP contribution in [0.2, 0.25) is 0 Å². The maximum Gasteiger partial charge on any atom is 0.437 e. The van der Waals surface area contributed by atoms with Crippen LogP contribution in [0.3, 0.4) is 0 Å². The third-order valence-electron chi connectivity index (χ3n) is 6.53. The molecule has 1 fully saturated rings. The molecule has 2 aromatic rings. The van der Waals surface area contributed by atoms with E-state index in [1.54, 1.807) is 20.8 Å². The zero-order valence-corrected chi connectivity index (χ0v) is 22.4. The number of amides is 1. The van der Waals surface area contributed by atoms with Gasteiger partial charge >= 0.3 is 18.2 Å². The molecule has 3 heterocycles. The molecule has 9 nitrogen and oxygen atoms in total. The van der Waals surface area contributed by atoms with Gasteiger partial charge < -0.3 is 18.9 Å². The van der Waals surface area contributed by atoms with Gasteiger partial charge in [-0.15, -0.1) is 0 Å². The van der Waals surface area contributed by atoms with Crippen molar-refractivity contribution in [2.45, 2.75) is 76.8 Å². The first-order chi connectivity index (χ1) is 18.2. The lowest BCUT2D eigenvalue weighted by Crippen LogP contribution is -2.47. The second-order valence-corrected chi connectivity index (χ2v) is 10.8. The molecular weight excluding hydrogens is 521 g/mol. The molecule has 39 heavy (non-hydrogen) atoms. The molecule has 1 amide bonds. The largest absolute Gasteiger partial charge is 0.494 e. The molecule has 1 saturated heterocycles. The van der Waals surface area contributed by atoms with Gasteiger partial charge in [-0.05, 0) is 45.4 Å². The number of unbranched alkanes of at least 4 members (excludes halogenated alkanes) is 1. The molecule has 1 spiro atoms. The number of esters is 1. The Morgan fingerprint density at radius 2 is 1.95 bits per heavy atom. The van der Waals surface area contributed by atoms with E-state index in [0.29, 0.717) is 12.4 Å². The fourth-order valence-electron chi connectivity index (χ4n) is 4.86. The minimum Gasteiger partial charge on any atom is -0.494 e. The number of fused-ring (bicyclic) bond motifs is 3. The summed E-state index contributed by atoms with van der Waals surface area (Å²) >= 11 is 0. The summed E-state index contributed by atoms with van der Waals surface area (Å²) in [4.78, 5) is 44.0. The predicted octanol–water partition coefficient (Wildman–Crippen LogP) is 5.32. The predicted molar refractivity (Wildman–Crippen MR) is 133 cm³/mol. The van der Waals surface area contributed by atoms with Crippen LogP contribution >= 0.6 is 0 Å². The summed E-state index contributed by atoms with van der Waals surface area (Å²) in [7, 11) is 1.13. The van der Waals surface area contributed by atoms with E-state index < -0.39 is 52.7 Å². The van der Waals surface area contributed by atoms with Gasteiger partial charge in [0.15, 0.2) is 17.2 Å². The number of likely N-dealkylation sites (tertiary alicyclic amines) is 1. The first-order valence-corrected chi connectivity index (χ1v) is 12.7. The average Bonchev–Trinajstić information content (AvgIpc) is 3.19. The maximum absolute atomic E-state index is 14.2. The minimum atomic E-state index is -4.95. The first kappa shape index (κ1) is 28.4. The van der Waals surface area contributed by atoms with E-state index in [0.717, 1.165) is 24.9 Å². The van der Waals surface area contributed by atoms with Gasteiger partial charge in [0.1, 0.15) is 23.0 Å². The number of aromatic nitrogens is 1. The molecular formula is C27H31F3N2O7. The molecule has 2 aliphatic heterocycles. The van der Waals surface area contributed by atoms with E-state index in [-0.39, 0.29) is 35.9 Å². The zero-order valence-electron chi connectivity index (χ0n) is 22.4. The fourth-order valence-corrected chi connectivity index (χ4v) is 4.86. The third kappa shape index (κ3) is 5.74. The lowest BCUT2D eigenvalue weighted by atomic mass is 9.86. The summed E-state index contributed by atoms with van der Waals surface area (Å²) in [6.45, 7) is 6.93. The number of carbonyl (C=O) groups excluding carboxylic acids is 3. The van der Waals surface area contributed by atoms with E-state index in [4.69, 9.17) is 18.9 Å². The lowest BCUT2D eigenvalue weighted by molar-refractivity contribution is -0.146. The molecule has 4 rings (SSSR count). The smallest absolute Gasteiger partial charge is 0.437 e. The van der Waals surface area contributed by atoms with Gasteiger partial charge in [-0.2, -0.15) is 13.2 Å². The summed E-state index contributed by atoms with van der Waals surface area (Å²) < 4.78 is 64.5. The van der Waals surface area contributed by atoms with E-state index in [9.17, 15) is 27.6 Å². The number of methoxy groups -OCH3 is 1. The molecule has 0 aliphatic carbocycles. The Morgan fingerprint density at radius 3 is 2.56 bits per heavy atom. The van der Waals surface area contributed by atoms with Gasteiger partial charge in [0.25, 0.3) is 0 Å². The molecule has 0 saturated carbocycles. The highest BCUT2D eigenvalue weighted by atomic mass is 19.4. The van der Waals surface area contributed by atoms with Crippen molar-refractivity contribution in [3.63, 3.8) is 0 Å². The van der Waals surface area contributed by atoms with E-state index in [2.05, 4.69) is 4.98 Å². The van der Waals surface area contributed by atoms with Crippen molar-refractivity contribution >= 4 is 28.7 Å². The number of nitrogens with zero attached hydrogens (tertiary/aromatic N) is 2. The Bertz CT molecular complexity index is 1300. The number of carbonyl (C=O) groups is 3. The van der Waals surface area contributed by atoms with Crippen molar-refractivity contribution in [1.29, 1.82) is 0 Å². The number of halogens is 3. The van der Waals surface area contributed by atoms with E-state index in [1.165, 1.54) is 18.2 Å². The molecule has 2 atom stereocenters. The van der Waals surface area contributed by atoms with Crippen molar-refractivity contribution < 1.29 is 46.5 Å². The van der Waals surface area contributed by atoms with Crippen LogP contribution in [-0.4, -0.2) is 65.2 Å². The molecule has 212 valence electrons. The molecule has 2 aliphatic rings. The van der Waals surface area contributed by atoms with Gasteiger partial charge in [0, 0.05) is 11.8 Å². The van der Waals surface area contributed by atoms with Crippen molar-refractivity contribution in [2.24, 2.45) is 0 Å². The summed E-state index contributed by atoms with van der Waals surface area (Å²) in [6.07, 6.45) is -4.79. The van der Waals surface area contributed by atoms with Crippen LogP contribution in [0.4, 0.5) is 18.0 Å². The first-order valence-electron chi connectivity index (χ1n) is 12.7. The highest BCUT2D eigenvalue weighted by molar-refractivity contribution is 6.11. The molecule has 0 radical (unpaired) electrons. The number of benzene rings is 1. The maximum atomic E-state index is 14.2. The number of hydrogen-bond acceptors (Lipinski definition) is 8. The number of pyridine rings is 1. The van der Waals surface area contributed by atoms with Gasteiger partial charge in [-0.3, -0.25) is 9.69 Å². The summed E-state index contributed by atoms with van der Waals surface area (Å²) in [5, 5.41) is 0.165. The van der Waals surface area contributed by atoms with Crippen LogP contribution in [0.15, 0.2) is 18.2 Å². The van der Waals surface area contributed by atoms with E-state index >= 15 is 0 Å². The molecule has 0 bridgehead atoms. The normalized spacial score (nSPS) is 21.1. The van der Waals surface area contributed by atoms with Crippen molar-refractivity contribution in [3.8, 4) is 11.5 Å². The molecule has 12 heteroatoms. The quantitative estimate of drug-likeness (QED) is 0.363. The van der Waals surface area contributed by atoms with Crippen LogP contribution in [0.1, 0.15) is 69.4 Å². The van der Waals surface area contributed by atoms with Crippen LogP contribution < -0.4 is 9.47 Å². The number of ether oxygens (including phenoxy) is 4. The molecule has 0 N–H and O–H groups in total. The third-order valence-corrected chi connectivity index (χ3v) is 6.53. The standard InChI is InChI=1S/C27H31F3N2O7/c1-6-7-10-37-15-8-9-17-16(11-15)20-19(33)13-26(38-21(20)22(31-17)27(28,29)30)12-18(23(34)36-5)32(14-26)24(35)39-25(2,3)4/h8-9,11,18H,6-7,10,12-14H2,1-5H3/t18-,26?/m0/s1. The monoisotopic (exact) mass is 552 g/mol. The van der Waals surface area contributed by atoms with Gasteiger partial charge in [-0.1, -0.05) is 13.3 Å². The van der Waals surface area contributed by atoms with Crippen molar-refractivity contribution in [1.82, 2.24) is 9.88 Å². The Balaban J connectivity index is 1.80. The Kier molecular flexibility index (Phi) is 7.44. The molecule has 1 aromatic carbocycles. The Labute approximate surface area is 223 Å². The summed E-state index contributed by atoms with van der Waals surface area (Å²) in [5.41, 5.74) is -4.19. The van der Waals surface area contributed by atoms with Crippen LogP contribution in [0, 0.1) is 0 Å². The van der Waals surface area contributed by atoms with Crippen LogP contribution in [0.25, 0.3) is 10.9 Å². The second-order valence-electron chi connectivity index (χ2n) is 10.8. The van der Waals surface area contributed by atoms with Gasteiger partial charge in [-0.25, -0.2) is 14.6 Å². The number of ketones is 1. The highest BCUT2D eigenvalue weighted by Gasteiger charge is 2.56. The van der Waals surface area contributed by atoms with E-state index in [1.807, 2.05) is 6.92 Å². The number of Topliss-reactive ketones (excluding diaryl/α,β-unsaturated/α-hetero) is 1. The zero-order chi connectivity index (χ0) is 28.8. The minimum absolute atomic E-state index is 0.0361. The second kappa shape index (κ2) is 10.2. The van der Waals surface area contributed by atoms with Gasteiger partial charge in [0.2, 0.25) is 0 Å². The van der Waals surface area contributed by atoms with Crippen LogP contribution in [0.5, 0.6) is 11.5 Å². The SMILES string of the molecule is CCCCOc1ccc2nc(C(F)(F)F)c3c(c2c1)C(=O)CC1(C[C@@H](C(=O)OC)N(C(=O)OC(C)(C)C)C1)O3. The van der Waals surface area contributed by atoms with Crippen LogP contribution in [-0.2, 0) is 20.4 Å². The molecule has 1 unspecified atom stereocenters. The summed E-state index contributed by atoms with van der Waals surface area (Å²) in [6, 6.07) is 3.14. The lowest BCUT2D eigenvalue weighted by Gasteiger charge is -2.36. The topological polar surface area (TPSA) is 104 Å². The van der Waals surface area contributed by atoms with Gasteiger partial charge in [0.05, 0.1) is 37.8 Å². The highest BCUT2D eigenvalue weighted by Crippen LogP contribution is 2.48. The average molecular weight is 553 g/mol. The number of alkyl halides is 3. The summed E-state index contributed by atoms with van der Waals surface area (Å²) in [5.74, 6) is -1.78. The molecule has 1 aromatic heterocycles. The fraction of sp³-hybridized carbons (Fsp3) is 0.556. The number of rotatable bonds is 5. The Hall–Kier alpha value is -3.57. The van der Waals surface area contributed by atoms with Crippen molar-refractivity contribution in [3.05, 3.63) is 29.5 Å². The Morgan fingerprint density at radius 1 is 1.23 bits per heavy atom. The van der Waals surface area contributed by atoms with Crippen molar-refractivity contribution in [2.75, 3.05) is 20.3 Å². The number of hydrogen-bond donors (Lipinski definition) is 0.